The molecule has 0 bridgehead atoms. The number of hydrogen-bond acceptors (Lipinski definition) is 4. The van der Waals surface area contributed by atoms with Gasteiger partial charge in [-0.2, -0.15) is 0 Å². The molecule has 6 heteroatoms. The second kappa shape index (κ2) is 9.12. The minimum atomic E-state index is -3.45. The van der Waals surface area contributed by atoms with Crippen LogP contribution in [0.3, 0.4) is 0 Å². The van der Waals surface area contributed by atoms with Gasteiger partial charge in [-0.05, 0) is 30.4 Å². The molecule has 0 spiro atoms. The lowest BCUT2D eigenvalue weighted by atomic mass is 10.2. The van der Waals surface area contributed by atoms with Gasteiger partial charge in [-0.25, -0.2) is 8.42 Å². The number of benzene rings is 1. The lowest BCUT2D eigenvalue weighted by Gasteiger charge is -2.27. The van der Waals surface area contributed by atoms with Gasteiger partial charge in [0, 0.05) is 0 Å². The lowest BCUT2D eigenvalue weighted by molar-refractivity contribution is 0.0530. The molecule has 1 atom stereocenters. The Labute approximate surface area is 141 Å². The molecule has 4 nitrogen and oxygen atoms in total. The normalized spacial score (nSPS) is 14.0. The van der Waals surface area contributed by atoms with Gasteiger partial charge in [-0.15, -0.1) is 0 Å². The summed E-state index contributed by atoms with van der Waals surface area (Å²) in [4.78, 5) is 0.278. The molecule has 1 aromatic carbocycles. The topological polar surface area (TPSA) is 63.6 Å². The molecule has 0 saturated carbocycles. The highest BCUT2D eigenvalue weighted by Gasteiger charge is 2.24. The summed E-state index contributed by atoms with van der Waals surface area (Å²) in [5.74, 6) is -0.189. The van der Waals surface area contributed by atoms with Gasteiger partial charge in [0.25, 0.3) is 0 Å². The van der Waals surface area contributed by atoms with Gasteiger partial charge in [0.1, 0.15) is 0 Å². The van der Waals surface area contributed by atoms with Crippen LogP contribution in [0.2, 0.25) is 0 Å². The van der Waals surface area contributed by atoms with Crippen molar-refractivity contribution in [1.82, 2.24) is 0 Å². The van der Waals surface area contributed by atoms with Crippen molar-refractivity contribution in [3.63, 3.8) is 0 Å². The molecular weight excluding hydrogens is 331 g/mol. The molecule has 0 radical (unpaired) electrons. The fourth-order valence-electron chi connectivity index (χ4n) is 2.33. The summed E-state index contributed by atoms with van der Waals surface area (Å²) in [6, 6.07) is 6.76. The van der Waals surface area contributed by atoms with Gasteiger partial charge < -0.3 is 9.84 Å². The summed E-state index contributed by atoms with van der Waals surface area (Å²) in [5, 5.41) is 9.49. The Morgan fingerprint density at radius 3 is 2.04 bits per heavy atom. The third kappa shape index (κ3) is 6.50. The number of hydrogen-bond donors (Lipinski definition) is 1. The molecule has 132 valence electrons. The van der Waals surface area contributed by atoms with Crippen LogP contribution < -0.4 is 0 Å². The van der Waals surface area contributed by atoms with E-state index >= 15 is 0 Å². The van der Waals surface area contributed by atoms with E-state index in [1.54, 1.807) is 24.3 Å². The van der Waals surface area contributed by atoms with E-state index in [-0.39, 0.29) is 25.2 Å². The van der Waals surface area contributed by atoms with Crippen LogP contribution in [-0.2, 0) is 14.6 Å². The number of aliphatic hydroxyl groups is 1. The van der Waals surface area contributed by atoms with Crippen LogP contribution in [-0.4, -0.2) is 49.7 Å². The molecule has 0 unspecified atom stereocenters. The van der Waals surface area contributed by atoms with Crippen LogP contribution in [0.4, 0.5) is 0 Å². The second-order valence-electron chi connectivity index (χ2n) is 6.40. The van der Waals surface area contributed by atoms with Gasteiger partial charge in [-0.3, -0.25) is 0 Å². The van der Waals surface area contributed by atoms with E-state index in [1.165, 1.54) is 0 Å². The predicted octanol–water partition coefficient (Wildman–Crippen LogP) is 3.40. The number of aliphatic hydroxyl groups excluding tert-OH is 1. The van der Waals surface area contributed by atoms with Gasteiger partial charge in [0.2, 0.25) is 0 Å². The summed E-state index contributed by atoms with van der Waals surface area (Å²) < 4.78 is 30.6. The van der Waals surface area contributed by atoms with E-state index in [9.17, 15) is 13.5 Å². The lowest BCUT2D eigenvalue weighted by Crippen LogP contribution is -2.28. The SMILES string of the molecule is Cc1ccc(S(=O)(=O)C[C@H](CO)OCP(C(C)C)C(C)C)cc1. The van der Waals surface area contributed by atoms with E-state index < -0.39 is 15.9 Å². The molecule has 0 fully saturated rings. The molecule has 1 N–H and O–H groups in total. The fourth-order valence-corrected chi connectivity index (χ4v) is 5.93. The average molecular weight is 360 g/mol. The zero-order valence-corrected chi connectivity index (χ0v) is 16.4. The number of aryl methyl sites for hydroxylation is 1. The maximum absolute atomic E-state index is 12.4. The summed E-state index contributed by atoms with van der Waals surface area (Å²) >= 11 is 0. The van der Waals surface area contributed by atoms with Gasteiger partial charge in [0.05, 0.1) is 29.7 Å². The highest BCUT2D eigenvalue weighted by molar-refractivity contribution is 7.91. The standard InChI is InChI=1S/C17H29O4PS/c1-13(2)22(14(3)4)12-21-16(10-18)11-23(19,20)17-8-6-15(5)7-9-17/h6-9,13-14,16,18H,10-12H2,1-5H3/t16-/m0/s1. The van der Waals surface area contributed by atoms with Crippen LogP contribution in [0.15, 0.2) is 29.2 Å². The molecule has 1 rings (SSSR count). The van der Waals surface area contributed by atoms with E-state index in [0.29, 0.717) is 17.7 Å². The first-order valence-corrected chi connectivity index (χ1v) is 11.3. The van der Waals surface area contributed by atoms with E-state index in [2.05, 4.69) is 27.7 Å². The summed E-state index contributed by atoms with van der Waals surface area (Å²) in [6.07, 6.45) is -0.150. The highest BCUT2D eigenvalue weighted by Crippen LogP contribution is 2.45. The van der Waals surface area contributed by atoms with Crippen LogP contribution in [0.5, 0.6) is 0 Å². The molecule has 0 aromatic heterocycles. The molecule has 23 heavy (non-hydrogen) atoms. The summed E-state index contributed by atoms with van der Waals surface area (Å²) in [7, 11) is -3.80. The Morgan fingerprint density at radius 1 is 1.09 bits per heavy atom. The van der Waals surface area contributed by atoms with Crippen molar-refractivity contribution in [3.05, 3.63) is 29.8 Å². The minimum Gasteiger partial charge on any atom is -0.394 e. The first kappa shape index (κ1) is 20.6. The molecule has 1 aromatic rings. The largest absolute Gasteiger partial charge is 0.394 e. The minimum absolute atomic E-state index is 0.189. The molecule has 0 heterocycles. The molecule has 0 amide bonds. The van der Waals surface area contributed by atoms with E-state index in [4.69, 9.17) is 4.74 Å². The molecule has 0 saturated heterocycles. The second-order valence-corrected chi connectivity index (χ2v) is 11.8. The monoisotopic (exact) mass is 360 g/mol. The predicted molar refractivity (Wildman–Crippen MR) is 97.2 cm³/mol. The number of ether oxygens (including phenoxy) is 1. The first-order chi connectivity index (χ1) is 10.7. The third-order valence-corrected chi connectivity index (χ3v) is 8.68. The van der Waals surface area contributed by atoms with Crippen molar-refractivity contribution in [2.45, 2.75) is 56.9 Å². The maximum Gasteiger partial charge on any atom is 0.181 e. The highest BCUT2D eigenvalue weighted by atomic mass is 32.2. The van der Waals surface area contributed by atoms with Crippen molar-refractivity contribution in [1.29, 1.82) is 0 Å². The van der Waals surface area contributed by atoms with Crippen molar-refractivity contribution in [2.75, 3.05) is 18.7 Å². The Balaban J connectivity index is 2.73. The quantitative estimate of drug-likeness (QED) is 0.686. The summed E-state index contributed by atoms with van der Waals surface area (Å²) in [5.41, 5.74) is 2.04. The smallest absolute Gasteiger partial charge is 0.181 e. The number of sulfone groups is 1. The molecule has 0 aliphatic heterocycles. The molecular formula is C17H29O4PS. The maximum atomic E-state index is 12.4. The average Bonchev–Trinajstić information content (AvgIpc) is 2.45. The Kier molecular flexibility index (Phi) is 8.15. The number of rotatable bonds is 9. The fraction of sp³-hybridized carbons (Fsp3) is 0.647. The van der Waals surface area contributed by atoms with Gasteiger partial charge >= 0.3 is 0 Å². The Hall–Kier alpha value is -0.480. The van der Waals surface area contributed by atoms with Crippen molar-refractivity contribution < 1.29 is 18.3 Å². The zero-order chi connectivity index (χ0) is 17.6. The van der Waals surface area contributed by atoms with Gasteiger partial charge in [-0.1, -0.05) is 53.3 Å². The van der Waals surface area contributed by atoms with Crippen molar-refractivity contribution >= 4 is 17.8 Å². The molecule has 0 aliphatic carbocycles. The zero-order valence-electron chi connectivity index (χ0n) is 14.7. The van der Waals surface area contributed by atoms with Crippen LogP contribution in [0.1, 0.15) is 33.3 Å². The van der Waals surface area contributed by atoms with E-state index in [0.717, 1.165) is 5.56 Å². The Morgan fingerprint density at radius 2 is 1.61 bits per heavy atom. The Bertz CT molecular complexity index is 559. The van der Waals surface area contributed by atoms with Crippen LogP contribution in [0.25, 0.3) is 0 Å². The summed E-state index contributed by atoms with van der Waals surface area (Å²) in [6.45, 7) is 10.3. The molecule has 0 aliphatic rings. The van der Waals surface area contributed by atoms with Crippen LogP contribution >= 0.6 is 7.92 Å². The van der Waals surface area contributed by atoms with E-state index in [1.807, 2.05) is 6.92 Å². The van der Waals surface area contributed by atoms with Crippen LogP contribution in [0, 0.1) is 6.92 Å². The van der Waals surface area contributed by atoms with Crippen molar-refractivity contribution in [2.24, 2.45) is 0 Å². The van der Waals surface area contributed by atoms with Crippen molar-refractivity contribution in [3.8, 4) is 0 Å². The first-order valence-electron chi connectivity index (χ1n) is 7.95. The third-order valence-electron chi connectivity index (χ3n) is 3.77. The van der Waals surface area contributed by atoms with Gasteiger partial charge in [0.15, 0.2) is 9.84 Å².